The van der Waals surface area contributed by atoms with E-state index >= 15 is 0 Å². The van der Waals surface area contributed by atoms with Crippen LogP contribution in [0.3, 0.4) is 0 Å². The van der Waals surface area contributed by atoms with E-state index in [1.807, 2.05) is 31.2 Å². The lowest BCUT2D eigenvalue weighted by atomic mass is 9.97. The third-order valence-electron chi connectivity index (χ3n) is 4.24. The van der Waals surface area contributed by atoms with E-state index < -0.39 is 10.0 Å². The van der Waals surface area contributed by atoms with Gasteiger partial charge in [-0.25, -0.2) is 12.7 Å². The van der Waals surface area contributed by atoms with Gasteiger partial charge in [0.2, 0.25) is 15.9 Å². The van der Waals surface area contributed by atoms with Crippen LogP contribution in [0, 0.1) is 5.92 Å². The fourth-order valence-corrected chi connectivity index (χ4v) is 3.68. The highest BCUT2D eigenvalue weighted by atomic mass is 32.2. The minimum Gasteiger partial charge on any atom is -0.493 e. The fourth-order valence-electron chi connectivity index (χ4n) is 2.80. The predicted molar refractivity (Wildman–Crippen MR) is 95.2 cm³/mol. The van der Waals surface area contributed by atoms with E-state index in [0.29, 0.717) is 44.0 Å². The number of methoxy groups -OCH3 is 1. The van der Waals surface area contributed by atoms with Crippen molar-refractivity contribution in [3.05, 3.63) is 24.3 Å². The summed E-state index contributed by atoms with van der Waals surface area (Å²) in [5.41, 5.74) is 0. The monoisotopic (exact) mass is 370 g/mol. The number of rotatable bonds is 7. The molecule has 1 heterocycles. The van der Waals surface area contributed by atoms with E-state index in [9.17, 15) is 13.2 Å². The summed E-state index contributed by atoms with van der Waals surface area (Å²) in [6.07, 6.45) is 2.28. The molecule has 25 heavy (non-hydrogen) atoms. The Bertz CT molecular complexity index is 684. The van der Waals surface area contributed by atoms with Gasteiger partial charge in [-0.1, -0.05) is 12.1 Å². The molecule has 0 aromatic heterocycles. The molecule has 0 aliphatic carbocycles. The highest BCUT2D eigenvalue weighted by Gasteiger charge is 2.29. The van der Waals surface area contributed by atoms with Crippen molar-refractivity contribution in [3.63, 3.8) is 0 Å². The van der Waals surface area contributed by atoms with E-state index in [1.165, 1.54) is 10.6 Å². The van der Waals surface area contributed by atoms with Gasteiger partial charge in [-0.15, -0.1) is 0 Å². The summed E-state index contributed by atoms with van der Waals surface area (Å²) in [6, 6.07) is 7.18. The molecule has 0 spiro atoms. The number of amides is 1. The Balaban J connectivity index is 1.79. The summed E-state index contributed by atoms with van der Waals surface area (Å²) in [4.78, 5) is 12.3. The quantitative estimate of drug-likeness (QED) is 0.781. The molecular weight excluding hydrogens is 344 g/mol. The van der Waals surface area contributed by atoms with E-state index in [0.717, 1.165) is 0 Å². The number of sulfonamides is 1. The number of piperidine rings is 1. The maximum atomic E-state index is 12.3. The number of nitrogens with zero attached hydrogens (tertiary/aromatic N) is 1. The smallest absolute Gasteiger partial charge is 0.223 e. The third kappa shape index (κ3) is 5.61. The molecule has 1 aliphatic rings. The van der Waals surface area contributed by atoms with E-state index in [4.69, 9.17) is 9.47 Å². The van der Waals surface area contributed by atoms with Crippen molar-refractivity contribution in [3.8, 4) is 11.5 Å². The van der Waals surface area contributed by atoms with Crippen LogP contribution in [0.5, 0.6) is 11.5 Å². The normalized spacial score (nSPS) is 17.7. The Morgan fingerprint density at radius 3 is 2.44 bits per heavy atom. The molecule has 1 atom stereocenters. The highest BCUT2D eigenvalue weighted by Crippen LogP contribution is 2.26. The number of carbonyl (C=O) groups is 1. The topological polar surface area (TPSA) is 84.9 Å². The van der Waals surface area contributed by atoms with Gasteiger partial charge < -0.3 is 14.8 Å². The molecule has 1 fully saturated rings. The van der Waals surface area contributed by atoms with Crippen LogP contribution in [0.2, 0.25) is 0 Å². The van der Waals surface area contributed by atoms with Gasteiger partial charge >= 0.3 is 0 Å². The van der Waals surface area contributed by atoms with Gasteiger partial charge in [0.25, 0.3) is 0 Å². The molecule has 0 unspecified atom stereocenters. The van der Waals surface area contributed by atoms with E-state index in [2.05, 4.69) is 5.32 Å². The lowest BCUT2D eigenvalue weighted by Gasteiger charge is -2.30. The highest BCUT2D eigenvalue weighted by molar-refractivity contribution is 7.88. The van der Waals surface area contributed by atoms with E-state index in [-0.39, 0.29) is 17.9 Å². The number of nitrogens with one attached hydrogen (secondary N) is 1. The Kier molecular flexibility index (Phi) is 6.66. The fraction of sp³-hybridized carbons (Fsp3) is 0.588. The molecule has 0 radical (unpaired) electrons. The predicted octanol–water partition coefficient (Wildman–Crippen LogP) is 1.25. The first-order valence-electron chi connectivity index (χ1n) is 8.32. The molecule has 1 aromatic rings. The van der Waals surface area contributed by atoms with Gasteiger partial charge in [0.1, 0.15) is 6.61 Å². The van der Waals surface area contributed by atoms with Crippen molar-refractivity contribution < 1.29 is 22.7 Å². The summed E-state index contributed by atoms with van der Waals surface area (Å²) in [6.45, 7) is 2.99. The lowest BCUT2D eigenvalue weighted by molar-refractivity contribution is -0.126. The summed E-state index contributed by atoms with van der Waals surface area (Å²) in [5.74, 6) is 1.07. The Labute approximate surface area is 149 Å². The first-order chi connectivity index (χ1) is 11.8. The molecule has 8 heteroatoms. The van der Waals surface area contributed by atoms with Gasteiger partial charge in [-0.3, -0.25) is 4.79 Å². The van der Waals surface area contributed by atoms with Crippen LogP contribution in [-0.2, 0) is 14.8 Å². The Hall–Kier alpha value is -1.80. The average molecular weight is 370 g/mol. The molecule has 0 saturated carbocycles. The summed E-state index contributed by atoms with van der Waals surface area (Å²) in [5, 5.41) is 2.94. The van der Waals surface area contributed by atoms with Crippen molar-refractivity contribution in [2.75, 3.05) is 33.1 Å². The van der Waals surface area contributed by atoms with Crippen molar-refractivity contribution in [2.24, 2.45) is 5.92 Å². The van der Waals surface area contributed by atoms with Crippen molar-refractivity contribution in [2.45, 2.75) is 25.8 Å². The molecule has 140 valence electrons. The largest absolute Gasteiger partial charge is 0.493 e. The van der Waals surface area contributed by atoms with E-state index in [1.54, 1.807) is 7.11 Å². The number of ether oxygens (including phenoxy) is 2. The number of para-hydroxylation sites is 2. The average Bonchev–Trinajstić information content (AvgIpc) is 2.59. The third-order valence-corrected chi connectivity index (χ3v) is 5.54. The van der Waals surface area contributed by atoms with Crippen molar-refractivity contribution in [1.82, 2.24) is 9.62 Å². The van der Waals surface area contributed by atoms with Crippen LogP contribution < -0.4 is 14.8 Å². The maximum absolute atomic E-state index is 12.3. The zero-order chi connectivity index (χ0) is 18.4. The van der Waals surface area contributed by atoms with Crippen molar-refractivity contribution >= 4 is 15.9 Å². The summed E-state index contributed by atoms with van der Waals surface area (Å²) in [7, 11) is -1.59. The molecule has 7 nitrogen and oxygen atoms in total. The number of hydrogen-bond acceptors (Lipinski definition) is 5. The lowest BCUT2D eigenvalue weighted by Crippen LogP contribution is -2.45. The minimum atomic E-state index is -3.17. The number of carbonyl (C=O) groups excluding carboxylic acids is 1. The molecule has 2 rings (SSSR count). The number of hydrogen-bond donors (Lipinski definition) is 1. The summed E-state index contributed by atoms with van der Waals surface area (Å²) < 4.78 is 35.4. The second kappa shape index (κ2) is 8.53. The Morgan fingerprint density at radius 1 is 1.28 bits per heavy atom. The number of benzene rings is 1. The Morgan fingerprint density at radius 2 is 1.88 bits per heavy atom. The van der Waals surface area contributed by atoms with Crippen molar-refractivity contribution in [1.29, 1.82) is 0 Å². The van der Waals surface area contributed by atoms with Crippen LogP contribution in [-0.4, -0.2) is 57.7 Å². The molecular formula is C17H26N2O5S. The maximum Gasteiger partial charge on any atom is 0.223 e. The van der Waals surface area contributed by atoms with Crippen LogP contribution >= 0.6 is 0 Å². The van der Waals surface area contributed by atoms with Gasteiger partial charge in [-0.05, 0) is 31.9 Å². The first kappa shape index (κ1) is 19.5. The molecule has 1 aliphatic heterocycles. The zero-order valence-electron chi connectivity index (χ0n) is 14.9. The van der Waals surface area contributed by atoms with Gasteiger partial charge in [0, 0.05) is 19.0 Å². The van der Waals surface area contributed by atoms with Crippen LogP contribution in [0.4, 0.5) is 0 Å². The summed E-state index contributed by atoms with van der Waals surface area (Å²) >= 11 is 0. The SMILES string of the molecule is COc1ccccc1OC[C@@H](C)NC(=O)C1CCN(S(C)(=O)=O)CC1. The van der Waals surface area contributed by atoms with Gasteiger partial charge in [-0.2, -0.15) is 0 Å². The second-order valence-electron chi connectivity index (χ2n) is 6.31. The van der Waals surface area contributed by atoms with Crippen LogP contribution in [0.1, 0.15) is 19.8 Å². The molecule has 1 aromatic carbocycles. The standard InChI is InChI=1S/C17H26N2O5S/c1-13(12-24-16-7-5-4-6-15(16)23-2)18-17(20)14-8-10-19(11-9-14)25(3,21)22/h4-7,13-14H,8-12H2,1-3H3,(H,18,20)/t13-/m1/s1. The van der Waals surface area contributed by atoms with Gasteiger partial charge in [0.15, 0.2) is 11.5 Å². The zero-order valence-corrected chi connectivity index (χ0v) is 15.7. The molecule has 1 N–H and O–H groups in total. The van der Waals surface area contributed by atoms with Crippen LogP contribution in [0.15, 0.2) is 24.3 Å². The first-order valence-corrected chi connectivity index (χ1v) is 10.2. The molecule has 1 amide bonds. The molecule has 0 bridgehead atoms. The second-order valence-corrected chi connectivity index (χ2v) is 8.29. The molecule has 1 saturated heterocycles. The van der Waals surface area contributed by atoms with Gasteiger partial charge in [0.05, 0.1) is 19.4 Å². The minimum absolute atomic E-state index is 0.0516. The van der Waals surface area contributed by atoms with Crippen LogP contribution in [0.25, 0.3) is 0 Å².